The Morgan fingerprint density at radius 3 is 2.71 bits per heavy atom. The monoisotopic (exact) mass is 291 g/mol. The second-order valence-electron chi connectivity index (χ2n) is 5.11. The van der Waals surface area contributed by atoms with Gasteiger partial charge in [-0.3, -0.25) is 4.79 Å². The van der Waals surface area contributed by atoms with Gasteiger partial charge in [0.05, 0.1) is 25.5 Å². The van der Waals surface area contributed by atoms with Crippen LogP contribution in [0, 0.1) is 11.8 Å². The standard InChI is InChI=1S/C13H17N5O3/c1-20-3-7-8(4-21-2)11(19)10(7)18-6-17-9-12(14)15-5-16-13(9)18/h5-8,10H,3-4H2,1-2H3,(H2,14,15,16)/t7-,8-,10+/m0/s1. The van der Waals surface area contributed by atoms with E-state index in [4.69, 9.17) is 15.2 Å². The zero-order valence-electron chi connectivity index (χ0n) is 11.9. The van der Waals surface area contributed by atoms with Gasteiger partial charge in [-0.25, -0.2) is 15.0 Å². The fraction of sp³-hybridized carbons (Fsp3) is 0.538. The Balaban J connectivity index is 1.98. The molecule has 2 aromatic heterocycles. The molecule has 1 aliphatic rings. The smallest absolute Gasteiger partial charge is 0.166 e. The average molecular weight is 291 g/mol. The van der Waals surface area contributed by atoms with Gasteiger partial charge >= 0.3 is 0 Å². The number of nitrogens with zero attached hydrogens (tertiary/aromatic N) is 4. The van der Waals surface area contributed by atoms with Crippen LogP contribution in [-0.4, -0.2) is 52.7 Å². The number of ketones is 1. The van der Waals surface area contributed by atoms with Crippen molar-refractivity contribution in [2.45, 2.75) is 6.04 Å². The lowest BCUT2D eigenvalue weighted by molar-refractivity contribution is -0.148. The minimum absolute atomic E-state index is 0.0380. The highest BCUT2D eigenvalue weighted by Crippen LogP contribution is 2.42. The van der Waals surface area contributed by atoms with Gasteiger partial charge in [0, 0.05) is 20.1 Å². The highest BCUT2D eigenvalue weighted by molar-refractivity contribution is 5.93. The first-order chi connectivity index (χ1) is 10.2. The molecule has 8 heteroatoms. The van der Waals surface area contributed by atoms with Gasteiger partial charge in [-0.05, 0) is 0 Å². The lowest BCUT2D eigenvalue weighted by Crippen LogP contribution is -2.52. The van der Waals surface area contributed by atoms with E-state index >= 15 is 0 Å². The molecule has 0 amide bonds. The number of ether oxygens (including phenoxy) is 2. The fourth-order valence-corrected chi connectivity index (χ4v) is 2.94. The van der Waals surface area contributed by atoms with Crippen LogP contribution in [0.4, 0.5) is 5.82 Å². The molecule has 0 radical (unpaired) electrons. The van der Waals surface area contributed by atoms with E-state index in [9.17, 15) is 4.79 Å². The quantitative estimate of drug-likeness (QED) is 0.830. The molecule has 1 saturated carbocycles. The second kappa shape index (κ2) is 5.38. The van der Waals surface area contributed by atoms with E-state index < -0.39 is 0 Å². The van der Waals surface area contributed by atoms with Crippen molar-refractivity contribution in [2.75, 3.05) is 33.2 Å². The molecule has 2 aromatic rings. The number of Topliss-reactive ketones (excluding diaryl/α,β-unsaturated/α-hetero) is 1. The summed E-state index contributed by atoms with van der Waals surface area (Å²) in [6, 6.07) is -0.343. The Labute approximate surface area is 121 Å². The maximum Gasteiger partial charge on any atom is 0.166 e. The van der Waals surface area contributed by atoms with Crippen LogP contribution in [0.3, 0.4) is 0 Å². The van der Waals surface area contributed by atoms with Crippen LogP contribution < -0.4 is 5.73 Å². The number of nitrogen functional groups attached to an aromatic ring is 1. The molecule has 3 rings (SSSR count). The molecule has 1 fully saturated rings. The maximum absolute atomic E-state index is 12.4. The Morgan fingerprint density at radius 2 is 2.00 bits per heavy atom. The third-order valence-electron chi connectivity index (χ3n) is 3.97. The number of nitrogens with two attached hydrogens (primary N) is 1. The molecule has 112 valence electrons. The highest BCUT2D eigenvalue weighted by atomic mass is 16.5. The summed E-state index contributed by atoms with van der Waals surface area (Å²) in [5, 5.41) is 0. The van der Waals surface area contributed by atoms with Gasteiger partial charge in [0.25, 0.3) is 0 Å². The van der Waals surface area contributed by atoms with Crippen molar-refractivity contribution in [3.63, 3.8) is 0 Å². The van der Waals surface area contributed by atoms with Crippen LogP contribution in [0.15, 0.2) is 12.7 Å². The van der Waals surface area contributed by atoms with Gasteiger partial charge in [-0.15, -0.1) is 0 Å². The summed E-state index contributed by atoms with van der Waals surface area (Å²) in [5.41, 5.74) is 6.85. The lowest BCUT2D eigenvalue weighted by atomic mass is 9.68. The summed E-state index contributed by atoms with van der Waals surface area (Å²) < 4.78 is 12.1. The molecule has 21 heavy (non-hydrogen) atoms. The predicted molar refractivity (Wildman–Crippen MR) is 74.5 cm³/mol. The lowest BCUT2D eigenvalue weighted by Gasteiger charge is -2.42. The number of rotatable bonds is 5. The van der Waals surface area contributed by atoms with Crippen molar-refractivity contribution in [1.29, 1.82) is 0 Å². The molecule has 2 N–H and O–H groups in total. The van der Waals surface area contributed by atoms with Crippen molar-refractivity contribution in [1.82, 2.24) is 19.5 Å². The Bertz CT molecular complexity index is 671. The second-order valence-corrected chi connectivity index (χ2v) is 5.11. The van der Waals surface area contributed by atoms with Gasteiger partial charge in [0.2, 0.25) is 0 Å². The zero-order valence-corrected chi connectivity index (χ0v) is 11.9. The first-order valence-electron chi connectivity index (χ1n) is 6.63. The summed E-state index contributed by atoms with van der Waals surface area (Å²) in [5.74, 6) is 0.297. The van der Waals surface area contributed by atoms with Crippen molar-refractivity contribution < 1.29 is 14.3 Å². The van der Waals surface area contributed by atoms with Crippen LogP contribution in [0.2, 0.25) is 0 Å². The van der Waals surface area contributed by atoms with Crippen molar-refractivity contribution in [3.8, 4) is 0 Å². The molecule has 0 bridgehead atoms. The Hall–Kier alpha value is -2.06. The van der Waals surface area contributed by atoms with Crippen LogP contribution in [-0.2, 0) is 14.3 Å². The molecule has 0 spiro atoms. The topological polar surface area (TPSA) is 105 Å². The molecule has 1 aliphatic carbocycles. The number of hydrogen-bond donors (Lipinski definition) is 1. The summed E-state index contributed by atoms with van der Waals surface area (Å²) >= 11 is 0. The van der Waals surface area contributed by atoms with Crippen LogP contribution in [0.25, 0.3) is 11.2 Å². The predicted octanol–water partition coefficient (Wildman–Crippen LogP) is 0.0575. The summed E-state index contributed by atoms with van der Waals surface area (Å²) in [7, 11) is 3.21. The number of carbonyl (C=O) groups excluding carboxylic acids is 1. The van der Waals surface area contributed by atoms with E-state index in [0.717, 1.165) is 0 Å². The van der Waals surface area contributed by atoms with Crippen molar-refractivity contribution in [2.24, 2.45) is 11.8 Å². The molecular weight excluding hydrogens is 274 g/mol. The number of imidazole rings is 1. The van der Waals surface area contributed by atoms with Gasteiger partial charge in [-0.1, -0.05) is 0 Å². The molecule has 0 aliphatic heterocycles. The minimum Gasteiger partial charge on any atom is -0.384 e. The fourth-order valence-electron chi connectivity index (χ4n) is 2.94. The number of aromatic nitrogens is 4. The van der Waals surface area contributed by atoms with E-state index in [1.54, 1.807) is 25.1 Å². The first-order valence-corrected chi connectivity index (χ1v) is 6.63. The number of methoxy groups -OCH3 is 2. The third kappa shape index (κ3) is 2.07. The summed E-state index contributed by atoms with van der Waals surface area (Å²) in [4.78, 5) is 24.7. The number of carbonyl (C=O) groups is 1. The zero-order chi connectivity index (χ0) is 15.0. The molecular formula is C13H17N5O3. The SMILES string of the molecule is COC[C@H]1[C@H](COC)C(=O)[C@@H]1n1cnc2c(N)ncnc21. The number of hydrogen-bond acceptors (Lipinski definition) is 7. The molecule has 0 unspecified atom stereocenters. The Kier molecular flexibility index (Phi) is 3.56. The van der Waals surface area contributed by atoms with Crippen molar-refractivity contribution >= 4 is 22.8 Å². The number of fused-ring (bicyclic) bond motifs is 1. The summed E-state index contributed by atoms with van der Waals surface area (Å²) in [6.07, 6.45) is 2.96. The van der Waals surface area contributed by atoms with E-state index in [0.29, 0.717) is 30.2 Å². The van der Waals surface area contributed by atoms with Gasteiger partial charge in [-0.2, -0.15) is 0 Å². The summed E-state index contributed by atoms with van der Waals surface area (Å²) in [6.45, 7) is 0.873. The molecule has 0 aromatic carbocycles. The Morgan fingerprint density at radius 1 is 1.24 bits per heavy atom. The first kappa shape index (κ1) is 13.9. The van der Waals surface area contributed by atoms with E-state index in [2.05, 4.69) is 15.0 Å². The van der Waals surface area contributed by atoms with E-state index in [-0.39, 0.29) is 23.7 Å². The largest absolute Gasteiger partial charge is 0.384 e. The van der Waals surface area contributed by atoms with Gasteiger partial charge < -0.3 is 19.8 Å². The molecule has 0 saturated heterocycles. The van der Waals surface area contributed by atoms with E-state index in [1.165, 1.54) is 6.33 Å². The normalized spacial score (nSPS) is 25.2. The molecule has 8 nitrogen and oxygen atoms in total. The third-order valence-corrected chi connectivity index (χ3v) is 3.97. The van der Waals surface area contributed by atoms with Crippen LogP contribution in [0.1, 0.15) is 6.04 Å². The maximum atomic E-state index is 12.4. The van der Waals surface area contributed by atoms with Crippen molar-refractivity contribution in [3.05, 3.63) is 12.7 Å². The molecule has 2 heterocycles. The molecule has 3 atom stereocenters. The van der Waals surface area contributed by atoms with Crippen LogP contribution in [0.5, 0.6) is 0 Å². The minimum atomic E-state index is -0.343. The number of anilines is 1. The van der Waals surface area contributed by atoms with Gasteiger partial charge in [0.1, 0.15) is 17.9 Å². The van der Waals surface area contributed by atoms with Crippen LogP contribution >= 0.6 is 0 Å². The average Bonchev–Trinajstić information content (AvgIpc) is 2.90. The van der Waals surface area contributed by atoms with E-state index in [1.807, 2.05) is 0 Å². The van der Waals surface area contributed by atoms with Gasteiger partial charge in [0.15, 0.2) is 17.2 Å². The highest BCUT2D eigenvalue weighted by Gasteiger charge is 2.51.